The fourth-order valence-electron chi connectivity index (χ4n) is 0.787. The topological polar surface area (TPSA) is 36.9 Å². The summed E-state index contributed by atoms with van der Waals surface area (Å²) in [5, 5.41) is 0. The third-order valence-electron chi connectivity index (χ3n) is 1.44. The maximum absolute atomic E-state index is 5.17. The normalized spacial score (nSPS) is 10.6. The highest BCUT2D eigenvalue weighted by molar-refractivity contribution is 4.32. The van der Waals surface area contributed by atoms with E-state index in [1.165, 1.54) is 0 Å². The third-order valence-corrected chi connectivity index (χ3v) is 1.44. The molecule has 0 rings (SSSR count). The second-order valence-electron chi connectivity index (χ2n) is 2.63. The quantitative estimate of drug-likeness (QED) is 0.383. The van der Waals surface area contributed by atoms with E-state index in [-0.39, 0.29) is 0 Å². The van der Waals surface area contributed by atoms with E-state index in [9.17, 15) is 0 Å². The van der Waals surface area contributed by atoms with E-state index in [2.05, 4.69) is 0 Å². The molecule has 0 aromatic carbocycles. The van der Waals surface area contributed by atoms with Crippen LogP contribution < -0.4 is 0 Å². The smallest absolute Gasteiger partial charge is 0.146 e. The molecule has 0 saturated heterocycles. The van der Waals surface area contributed by atoms with Crippen molar-refractivity contribution in [3.8, 4) is 0 Å². The van der Waals surface area contributed by atoms with Crippen molar-refractivity contribution < 1.29 is 18.9 Å². The van der Waals surface area contributed by atoms with E-state index in [0.29, 0.717) is 20.0 Å². The Morgan fingerprint density at radius 2 is 1.15 bits per heavy atom. The van der Waals surface area contributed by atoms with Crippen molar-refractivity contribution >= 4 is 0 Å². The van der Waals surface area contributed by atoms with Gasteiger partial charge in [-0.25, -0.2) is 0 Å². The Morgan fingerprint density at radius 1 is 0.692 bits per heavy atom. The zero-order valence-electron chi connectivity index (χ0n) is 8.58. The van der Waals surface area contributed by atoms with Crippen LogP contribution >= 0.6 is 0 Å². The van der Waals surface area contributed by atoms with E-state index in [1.807, 2.05) is 0 Å². The summed E-state index contributed by atoms with van der Waals surface area (Å²) in [6.45, 7) is 3.23. The van der Waals surface area contributed by atoms with E-state index >= 15 is 0 Å². The molecule has 0 aliphatic rings. The standard InChI is InChI=1S/C9H20O4/c1-10-5-3-7-12-9-13-8-4-6-11-2/h3-9H2,1-2H3. The van der Waals surface area contributed by atoms with E-state index < -0.39 is 0 Å². The average Bonchev–Trinajstić information content (AvgIpc) is 2.16. The minimum atomic E-state index is 0.368. The first kappa shape index (κ1) is 12.8. The Morgan fingerprint density at radius 3 is 1.54 bits per heavy atom. The molecule has 0 saturated carbocycles. The maximum atomic E-state index is 5.17. The molecule has 0 aromatic heterocycles. The molecule has 80 valence electrons. The first-order valence-corrected chi connectivity index (χ1v) is 4.55. The summed E-state index contributed by atoms with van der Waals surface area (Å²) in [5.41, 5.74) is 0. The van der Waals surface area contributed by atoms with E-state index in [0.717, 1.165) is 26.1 Å². The fraction of sp³-hybridized carbons (Fsp3) is 1.00. The van der Waals surface area contributed by atoms with E-state index in [1.54, 1.807) is 14.2 Å². The number of hydrogen-bond donors (Lipinski definition) is 0. The highest BCUT2D eigenvalue weighted by Crippen LogP contribution is 1.87. The molecular formula is C9H20O4. The molecule has 4 heteroatoms. The molecule has 0 aliphatic carbocycles. The monoisotopic (exact) mass is 192 g/mol. The second-order valence-corrected chi connectivity index (χ2v) is 2.63. The molecule has 0 aromatic rings. The first-order chi connectivity index (χ1) is 6.41. The minimum Gasteiger partial charge on any atom is -0.385 e. The summed E-state index contributed by atoms with van der Waals surface area (Å²) in [6, 6.07) is 0. The van der Waals surface area contributed by atoms with Crippen molar-refractivity contribution in [2.24, 2.45) is 0 Å². The van der Waals surface area contributed by atoms with Gasteiger partial charge < -0.3 is 18.9 Å². The van der Waals surface area contributed by atoms with Gasteiger partial charge in [0.15, 0.2) is 0 Å². The molecule has 0 fully saturated rings. The molecule has 4 nitrogen and oxygen atoms in total. The van der Waals surface area contributed by atoms with Crippen molar-refractivity contribution in [2.45, 2.75) is 12.8 Å². The first-order valence-electron chi connectivity index (χ1n) is 4.55. The van der Waals surface area contributed by atoms with Gasteiger partial charge in [0.05, 0.1) is 13.2 Å². The number of methoxy groups -OCH3 is 2. The van der Waals surface area contributed by atoms with Crippen molar-refractivity contribution in [2.75, 3.05) is 47.4 Å². The lowest BCUT2D eigenvalue weighted by atomic mass is 10.5. The van der Waals surface area contributed by atoms with Crippen LogP contribution in [0.1, 0.15) is 12.8 Å². The Kier molecular flexibility index (Phi) is 11.7. The molecule has 0 N–H and O–H groups in total. The molecule has 0 spiro atoms. The Balaban J connectivity index is 2.76. The van der Waals surface area contributed by atoms with Crippen LogP contribution in [0, 0.1) is 0 Å². The van der Waals surface area contributed by atoms with Crippen molar-refractivity contribution in [3.05, 3.63) is 0 Å². The van der Waals surface area contributed by atoms with Crippen molar-refractivity contribution in [1.82, 2.24) is 0 Å². The number of rotatable bonds is 10. The van der Waals surface area contributed by atoms with Gasteiger partial charge >= 0.3 is 0 Å². The van der Waals surface area contributed by atoms with Crippen LogP contribution in [-0.4, -0.2) is 47.4 Å². The van der Waals surface area contributed by atoms with Gasteiger partial charge in [-0.3, -0.25) is 0 Å². The lowest BCUT2D eigenvalue weighted by molar-refractivity contribution is -0.0607. The Bertz CT molecular complexity index is 77.7. The van der Waals surface area contributed by atoms with E-state index in [4.69, 9.17) is 18.9 Å². The molecule has 0 radical (unpaired) electrons. The van der Waals surface area contributed by atoms with Crippen molar-refractivity contribution in [3.63, 3.8) is 0 Å². The summed E-state index contributed by atoms with van der Waals surface area (Å²) in [5.74, 6) is 0. The molecule has 0 heterocycles. The SMILES string of the molecule is COCCCOCOCCCOC. The predicted octanol–water partition coefficient (Wildman–Crippen LogP) is 1.05. The average molecular weight is 192 g/mol. The van der Waals surface area contributed by atoms with Gasteiger partial charge in [0.25, 0.3) is 0 Å². The van der Waals surface area contributed by atoms with Gasteiger partial charge in [-0.15, -0.1) is 0 Å². The van der Waals surface area contributed by atoms with Crippen LogP contribution in [-0.2, 0) is 18.9 Å². The Labute approximate surface area is 80.1 Å². The lowest BCUT2D eigenvalue weighted by Crippen LogP contribution is -2.05. The van der Waals surface area contributed by atoms with Gasteiger partial charge in [-0.1, -0.05) is 0 Å². The van der Waals surface area contributed by atoms with Gasteiger partial charge in [0, 0.05) is 27.4 Å². The molecule has 0 bridgehead atoms. The maximum Gasteiger partial charge on any atom is 0.146 e. The summed E-state index contributed by atoms with van der Waals surface area (Å²) >= 11 is 0. The highest BCUT2D eigenvalue weighted by Gasteiger charge is 1.89. The van der Waals surface area contributed by atoms with Crippen molar-refractivity contribution in [1.29, 1.82) is 0 Å². The summed E-state index contributed by atoms with van der Waals surface area (Å²) in [4.78, 5) is 0. The molecule has 0 amide bonds. The fourth-order valence-corrected chi connectivity index (χ4v) is 0.787. The van der Waals surface area contributed by atoms with Gasteiger partial charge in [-0.2, -0.15) is 0 Å². The molecular weight excluding hydrogens is 172 g/mol. The molecule has 0 aliphatic heterocycles. The van der Waals surface area contributed by atoms with Gasteiger partial charge in [0.2, 0.25) is 0 Å². The predicted molar refractivity (Wildman–Crippen MR) is 49.8 cm³/mol. The van der Waals surface area contributed by atoms with Gasteiger partial charge in [-0.05, 0) is 12.8 Å². The minimum absolute atomic E-state index is 0.368. The highest BCUT2D eigenvalue weighted by atomic mass is 16.7. The van der Waals surface area contributed by atoms with Crippen LogP contribution in [0.25, 0.3) is 0 Å². The summed E-state index contributed by atoms with van der Waals surface area (Å²) < 4.78 is 20.1. The van der Waals surface area contributed by atoms with Crippen LogP contribution in [0.3, 0.4) is 0 Å². The summed E-state index contributed by atoms with van der Waals surface area (Å²) in [7, 11) is 3.36. The largest absolute Gasteiger partial charge is 0.385 e. The third kappa shape index (κ3) is 11.8. The van der Waals surface area contributed by atoms with Crippen LogP contribution in [0.5, 0.6) is 0 Å². The second kappa shape index (κ2) is 11.8. The van der Waals surface area contributed by atoms with Crippen LogP contribution in [0.15, 0.2) is 0 Å². The zero-order valence-corrected chi connectivity index (χ0v) is 8.58. The molecule has 13 heavy (non-hydrogen) atoms. The number of hydrogen-bond acceptors (Lipinski definition) is 4. The molecule has 0 unspecified atom stereocenters. The Hall–Kier alpha value is -0.160. The van der Waals surface area contributed by atoms with Crippen LogP contribution in [0.4, 0.5) is 0 Å². The summed E-state index contributed by atoms with van der Waals surface area (Å²) in [6.07, 6.45) is 1.83. The zero-order chi connectivity index (χ0) is 9.78. The number of ether oxygens (including phenoxy) is 4. The van der Waals surface area contributed by atoms with Gasteiger partial charge in [0.1, 0.15) is 6.79 Å². The molecule has 0 atom stereocenters. The van der Waals surface area contributed by atoms with Crippen LogP contribution in [0.2, 0.25) is 0 Å². The lowest BCUT2D eigenvalue weighted by Gasteiger charge is -2.04.